The van der Waals surface area contributed by atoms with Gasteiger partial charge >= 0.3 is 6.18 Å². The zero-order valence-corrected chi connectivity index (χ0v) is 18.8. The number of ether oxygens (including phenoxy) is 1. The summed E-state index contributed by atoms with van der Waals surface area (Å²) >= 11 is 0. The van der Waals surface area contributed by atoms with Gasteiger partial charge in [-0.15, -0.1) is 0 Å². The molecule has 178 valence electrons. The predicted octanol–water partition coefficient (Wildman–Crippen LogP) is 4.88. The fraction of sp³-hybridized carbons (Fsp3) is 0.385. The second-order valence-electron chi connectivity index (χ2n) is 9.41. The van der Waals surface area contributed by atoms with Crippen molar-refractivity contribution in [2.45, 2.75) is 50.1 Å². The van der Waals surface area contributed by atoms with E-state index in [1.54, 1.807) is 24.5 Å². The predicted molar refractivity (Wildman–Crippen MR) is 121 cm³/mol. The Balaban J connectivity index is 1.19. The Kier molecular flexibility index (Phi) is 5.61. The Morgan fingerprint density at radius 1 is 1.00 bits per heavy atom. The summed E-state index contributed by atoms with van der Waals surface area (Å²) < 4.78 is 45.4. The van der Waals surface area contributed by atoms with Crippen LogP contribution in [-0.2, 0) is 18.6 Å². The number of hydrogen-bond donors (Lipinski definition) is 1. The fourth-order valence-corrected chi connectivity index (χ4v) is 4.73. The van der Waals surface area contributed by atoms with Gasteiger partial charge in [0.1, 0.15) is 11.4 Å². The summed E-state index contributed by atoms with van der Waals surface area (Å²) in [5.74, 6) is 0.906. The van der Waals surface area contributed by atoms with Gasteiger partial charge in [0.15, 0.2) is 5.60 Å². The number of aliphatic hydroxyl groups is 1. The molecule has 2 aliphatic heterocycles. The monoisotopic (exact) mass is 469 g/mol. The average molecular weight is 470 g/mol. The van der Waals surface area contributed by atoms with Gasteiger partial charge in [-0.25, -0.2) is 0 Å². The normalized spacial score (nSPS) is 19.4. The lowest BCUT2D eigenvalue weighted by molar-refractivity contribution is -0.258. The molecule has 1 aromatic carbocycles. The molecule has 3 aromatic rings. The van der Waals surface area contributed by atoms with Crippen molar-refractivity contribution in [2.75, 3.05) is 13.1 Å². The van der Waals surface area contributed by atoms with Crippen molar-refractivity contribution in [2.24, 2.45) is 0 Å². The third kappa shape index (κ3) is 4.28. The van der Waals surface area contributed by atoms with E-state index in [1.165, 1.54) is 17.7 Å². The van der Waals surface area contributed by atoms with E-state index in [2.05, 4.69) is 14.9 Å². The molecular weight excluding hydrogens is 443 g/mol. The van der Waals surface area contributed by atoms with E-state index in [0.29, 0.717) is 0 Å². The molecule has 5 nitrogen and oxygen atoms in total. The Labute approximate surface area is 196 Å². The molecule has 0 radical (unpaired) electrons. The molecule has 1 unspecified atom stereocenters. The standard InChI is InChI=1S/C26H26F3N3O2/c1-24(33,26(27,28)29)21-5-2-18(3-6-21)20-4-7-22(31-15-20)17-32-12-9-25(10-13-32)14-19-8-11-30-16-23(19)34-25/h2-8,11,15-16,33H,9-10,12-14,17H2,1H3. The first-order chi connectivity index (χ1) is 16.2. The molecule has 0 amide bonds. The summed E-state index contributed by atoms with van der Waals surface area (Å²) in [5.41, 5.74) is 0.526. The minimum absolute atomic E-state index is 0.123. The number of pyridine rings is 2. The minimum Gasteiger partial charge on any atom is -0.485 e. The van der Waals surface area contributed by atoms with E-state index in [4.69, 9.17) is 4.74 Å². The van der Waals surface area contributed by atoms with Crippen LogP contribution in [0.2, 0.25) is 0 Å². The number of benzene rings is 1. The van der Waals surface area contributed by atoms with Crippen molar-refractivity contribution in [1.82, 2.24) is 14.9 Å². The zero-order chi connectivity index (χ0) is 24.0. The van der Waals surface area contributed by atoms with E-state index in [0.717, 1.165) is 68.4 Å². The van der Waals surface area contributed by atoms with Crippen LogP contribution in [0.4, 0.5) is 13.2 Å². The highest BCUT2D eigenvalue weighted by Gasteiger charge is 2.51. The summed E-state index contributed by atoms with van der Waals surface area (Å²) in [6, 6.07) is 11.7. The Hall–Kier alpha value is -2.97. The van der Waals surface area contributed by atoms with Crippen LogP contribution in [0.5, 0.6) is 5.75 Å². The SMILES string of the molecule is CC(O)(c1ccc(-c2ccc(CN3CCC4(CC3)Cc3ccncc3O4)nc2)cc1)C(F)(F)F. The Morgan fingerprint density at radius 3 is 2.32 bits per heavy atom. The first kappa shape index (κ1) is 22.8. The van der Waals surface area contributed by atoms with Crippen molar-refractivity contribution >= 4 is 0 Å². The summed E-state index contributed by atoms with van der Waals surface area (Å²) in [7, 11) is 0. The molecule has 4 heterocycles. The molecule has 1 atom stereocenters. The fourth-order valence-electron chi connectivity index (χ4n) is 4.73. The van der Waals surface area contributed by atoms with Crippen molar-refractivity contribution in [3.05, 3.63) is 77.9 Å². The molecule has 2 aromatic heterocycles. The van der Waals surface area contributed by atoms with Gasteiger partial charge in [-0.2, -0.15) is 13.2 Å². The van der Waals surface area contributed by atoms with Gasteiger partial charge in [0.05, 0.1) is 11.9 Å². The Morgan fingerprint density at radius 2 is 1.71 bits per heavy atom. The van der Waals surface area contributed by atoms with E-state index in [1.807, 2.05) is 24.4 Å². The maximum Gasteiger partial charge on any atom is 0.421 e. The van der Waals surface area contributed by atoms with Crippen molar-refractivity contribution in [3.63, 3.8) is 0 Å². The third-order valence-corrected chi connectivity index (χ3v) is 7.02. The molecular formula is C26H26F3N3O2. The van der Waals surface area contributed by atoms with E-state index in [9.17, 15) is 18.3 Å². The van der Waals surface area contributed by atoms with E-state index < -0.39 is 11.8 Å². The second kappa shape index (κ2) is 8.36. The summed E-state index contributed by atoms with van der Waals surface area (Å²) in [4.78, 5) is 11.1. The maximum absolute atomic E-state index is 13.1. The quantitative estimate of drug-likeness (QED) is 0.590. The lowest BCUT2D eigenvalue weighted by atomic mass is 9.87. The highest BCUT2D eigenvalue weighted by molar-refractivity contribution is 5.63. The van der Waals surface area contributed by atoms with Crippen LogP contribution in [0, 0.1) is 0 Å². The van der Waals surface area contributed by atoms with Crippen LogP contribution < -0.4 is 4.74 Å². The van der Waals surface area contributed by atoms with Gasteiger partial charge in [0.25, 0.3) is 0 Å². The van der Waals surface area contributed by atoms with Gasteiger partial charge in [0, 0.05) is 62.4 Å². The largest absolute Gasteiger partial charge is 0.485 e. The highest BCUT2D eigenvalue weighted by Crippen LogP contribution is 2.41. The van der Waals surface area contributed by atoms with Crippen LogP contribution >= 0.6 is 0 Å². The minimum atomic E-state index is -4.74. The molecule has 0 bridgehead atoms. The molecule has 1 N–H and O–H groups in total. The van der Waals surface area contributed by atoms with Gasteiger partial charge in [-0.05, 0) is 30.2 Å². The molecule has 5 rings (SSSR count). The number of aromatic nitrogens is 2. The maximum atomic E-state index is 13.1. The summed E-state index contributed by atoms with van der Waals surface area (Å²) in [6.45, 7) is 3.34. The first-order valence-electron chi connectivity index (χ1n) is 11.3. The molecule has 2 aliphatic rings. The molecule has 1 spiro atoms. The number of nitrogens with zero attached hydrogens (tertiary/aromatic N) is 3. The van der Waals surface area contributed by atoms with Gasteiger partial charge < -0.3 is 9.84 Å². The zero-order valence-electron chi connectivity index (χ0n) is 18.8. The van der Waals surface area contributed by atoms with Crippen LogP contribution in [-0.4, -0.2) is 44.8 Å². The number of piperidine rings is 1. The van der Waals surface area contributed by atoms with Crippen LogP contribution in [0.15, 0.2) is 61.1 Å². The number of likely N-dealkylation sites (tertiary alicyclic amines) is 1. The van der Waals surface area contributed by atoms with Crippen molar-refractivity contribution in [1.29, 1.82) is 0 Å². The topological polar surface area (TPSA) is 58.5 Å². The molecule has 0 saturated carbocycles. The molecule has 8 heteroatoms. The lowest BCUT2D eigenvalue weighted by Gasteiger charge is -2.38. The number of rotatable bonds is 4. The molecule has 1 saturated heterocycles. The smallest absolute Gasteiger partial charge is 0.421 e. The summed E-state index contributed by atoms with van der Waals surface area (Å²) in [5, 5.41) is 9.84. The average Bonchev–Trinajstić information content (AvgIpc) is 3.18. The van der Waals surface area contributed by atoms with E-state index in [-0.39, 0.29) is 11.2 Å². The highest BCUT2D eigenvalue weighted by atomic mass is 19.4. The number of alkyl halides is 3. The number of halogens is 3. The first-order valence-corrected chi connectivity index (χ1v) is 11.3. The van der Waals surface area contributed by atoms with Gasteiger partial charge in [-0.3, -0.25) is 14.9 Å². The van der Waals surface area contributed by atoms with E-state index >= 15 is 0 Å². The van der Waals surface area contributed by atoms with Crippen LogP contribution in [0.25, 0.3) is 11.1 Å². The van der Waals surface area contributed by atoms with Gasteiger partial charge in [0.2, 0.25) is 0 Å². The summed E-state index contributed by atoms with van der Waals surface area (Å²) in [6.07, 6.45) is 3.45. The third-order valence-electron chi connectivity index (χ3n) is 7.02. The van der Waals surface area contributed by atoms with Crippen molar-refractivity contribution in [3.8, 4) is 16.9 Å². The molecule has 1 fully saturated rings. The second-order valence-corrected chi connectivity index (χ2v) is 9.41. The van der Waals surface area contributed by atoms with Crippen molar-refractivity contribution < 1.29 is 23.0 Å². The number of fused-ring (bicyclic) bond motifs is 1. The van der Waals surface area contributed by atoms with Crippen LogP contribution in [0.3, 0.4) is 0 Å². The molecule has 34 heavy (non-hydrogen) atoms. The lowest BCUT2D eigenvalue weighted by Crippen LogP contribution is -2.47. The number of hydrogen-bond acceptors (Lipinski definition) is 5. The Bertz CT molecular complexity index is 1130. The van der Waals surface area contributed by atoms with Crippen LogP contribution in [0.1, 0.15) is 36.6 Å². The van der Waals surface area contributed by atoms with Gasteiger partial charge in [-0.1, -0.05) is 30.3 Å². The molecule has 0 aliphatic carbocycles.